The van der Waals surface area contributed by atoms with Crippen molar-refractivity contribution in [1.82, 2.24) is 5.16 Å². The Balaban J connectivity index is 1.96. The van der Waals surface area contributed by atoms with Crippen molar-refractivity contribution in [2.24, 2.45) is 10.7 Å². The number of carbonyl (C=O) groups excluding carboxylic acids is 2. The number of fused-ring (bicyclic) bond motifs is 1. The molecule has 164 valence electrons. The molecule has 2 aromatic rings. The summed E-state index contributed by atoms with van der Waals surface area (Å²) in [7, 11) is 0. The lowest BCUT2D eigenvalue weighted by Gasteiger charge is -2.40. The number of ether oxygens (including phenoxy) is 1. The van der Waals surface area contributed by atoms with Crippen molar-refractivity contribution >= 4 is 35.2 Å². The summed E-state index contributed by atoms with van der Waals surface area (Å²) >= 11 is 0. The highest BCUT2D eigenvalue weighted by molar-refractivity contribution is 6.11. The van der Waals surface area contributed by atoms with Crippen LogP contribution in [0, 0.1) is 0 Å². The molecule has 9 heteroatoms. The third-order valence-corrected chi connectivity index (χ3v) is 4.79. The van der Waals surface area contributed by atoms with Crippen LogP contribution >= 0.6 is 0 Å². The molecule has 31 heavy (non-hydrogen) atoms. The number of hydrogen-bond acceptors (Lipinski definition) is 7. The highest BCUT2D eigenvalue weighted by Crippen LogP contribution is 2.38. The number of carbonyl (C=O) groups is 2. The molecular weight excluding hydrogens is 398 g/mol. The molecule has 1 aliphatic heterocycles. The highest BCUT2D eigenvalue weighted by Gasteiger charge is 2.34. The fraction of sp³-hybridized carbons (Fsp3) is 0.364. The van der Waals surface area contributed by atoms with Crippen molar-refractivity contribution in [1.29, 1.82) is 0 Å². The van der Waals surface area contributed by atoms with Gasteiger partial charge in [0.25, 0.3) is 0 Å². The first-order valence-corrected chi connectivity index (χ1v) is 10.1. The predicted octanol–water partition coefficient (Wildman–Crippen LogP) is 3.35. The lowest BCUT2D eigenvalue weighted by molar-refractivity contribution is -0.117. The van der Waals surface area contributed by atoms with Crippen LogP contribution in [0.2, 0.25) is 0 Å². The molecule has 0 radical (unpaired) electrons. The van der Waals surface area contributed by atoms with Gasteiger partial charge in [-0.2, -0.15) is 0 Å². The van der Waals surface area contributed by atoms with Gasteiger partial charge in [0.2, 0.25) is 5.91 Å². The average Bonchev–Trinajstić information content (AvgIpc) is 3.23. The quantitative estimate of drug-likeness (QED) is 0.735. The summed E-state index contributed by atoms with van der Waals surface area (Å²) in [5.74, 6) is 0.536. The minimum atomic E-state index is -0.458. The molecule has 0 spiro atoms. The SMILES string of the molecule is CC(=O)N1c2ccc(/C(C=NCc3ccno3)=C/N)cc2N(C(=O)OC(C)C)C[C@@H]1C. The molecule has 1 aromatic carbocycles. The van der Waals surface area contributed by atoms with E-state index in [4.69, 9.17) is 15.0 Å². The van der Waals surface area contributed by atoms with Gasteiger partial charge in [-0.1, -0.05) is 11.2 Å². The van der Waals surface area contributed by atoms with Gasteiger partial charge in [-0.05, 0) is 38.5 Å². The minimum Gasteiger partial charge on any atom is -0.446 e. The van der Waals surface area contributed by atoms with Crippen molar-refractivity contribution < 1.29 is 18.8 Å². The highest BCUT2D eigenvalue weighted by atomic mass is 16.6. The van der Waals surface area contributed by atoms with Gasteiger partial charge < -0.3 is 19.9 Å². The number of nitrogens with zero attached hydrogens (tertiary/aromatic N) is 4. The molecule has 3 rings (SSSR count). The fourth-order valence-electron chi connectivity index (χ4n) is 3.49. The molecule has 1 atom stereocenters. The normalized spacial score (nSPS) is 16.7. The lowest BCUT2D eigenvalue weighted by Crippen LogP contribution is -2.51. The molecule has 1 aliphatic rings. The Hall–Kier alpha value is -3.62. The number of nitrogens with two attached hydrogens (primary N) is 1. The topological polar surface area (TPSA) is 114 Å². The van der Waals surface area contributed by atoms with Crippen LogP contribution in [0.4, 0.5) is 16.2 Å². The van der Waals surface area contributed by atoms with Crippen LogP contribution in [-0.2, 0) is 16.1 Å². The Morgan fingerprint density at radius 2 is 2.13 bits per heavy atom. The van der Waals surface area contributed by atoms with Gasteiger partial charge in [0, 0.05) is 37.5 Å². The monoisotopic (exact) mass is 425 g/mol. The molecule has 1 aromatic heterocycles. The third kappa shape index (κ3) is 4.93. The van der Waals surface area contributed by atoms with Crippen LogP contribution in [-0.4, -0.2) is 42.1 Å². The molecule has 2 heterocycles. The van der Waals surface area contributed by atoms with Crippen LogP contribution in [0.1, 0.15) is 39.0 Å². The second kappa shape index (κ2) is 9.46. The first kappa shape index (κ1) is 22.1. The number of anilines is 2. The molecule has 0 saturated carbocycles. The molecule has 0 bridgehead atoms. The zero-order chi connectivity index (χ0) is 22.5. The maximum atomic E-state index is 12.8. The van der Waals surface area contributed by atoms with Gasteiger partial charge in [-0.25, -0.2) is 4.79 Å². The Morgan fingerprint density at radius 3 is 2.74 bits per heavy atom. The summed E-state index contributed by atoms with van der Waals surface area (Å²) in [6.07, 6.45) is 3.91. The van der Waals surface area contributed by atoms with E-state index in [0.29, 0.717) is 35.8 Å². The number of amides is 2. The summed E-state index contributed by atoms with van der Waals surface area (Å²) in [5, 5.41) is 3.65. The molecular formula is C22H27N5O4. The molecule has 9 nitrogen and oxygen atoms in total. The zero-order valence-electron chi connectivity index (χ0n) is 18.1. The Bertz CT molecular complexity index is 997. The first-order chi connectivity index (χ1) is 14.8. The van der Waals surface area contributed by atoms with E-state index in [1.54, 1.807) is 42.1 Å². The second-order valence-electron chi connectivity index (χ2n) is 7.56. The van der Waals surface area contributed by atoms with E-state index in [9.17, 15) is 9.59 Å². The van der Waals surface area contributed by atoms with Crippen LogP contribution in [0.5, 0.6) is 0 Å². The van der Waals surface area contributed by atoms with Crippen LogP contribution in [0.3, 0.4) is 0 Å². The lowest BCUT2D eigenvalue weighted by atomic mass is 10.0. The van der Waals surface area contributed by atoms with Gasteiger partial charge in [-0.3, -0.25) is 14.7 Å². The van der Waals surface area contributed by atoms with Gasteiger partial charge in [-0.15, -0.1) is 0 Å². The number of hydrogen-bond donors (Lipinski definition) is 1. The van der Waals surface area contributed by atoms with E-state index in [1.165, 1.54) is 13.1 Å². The number of rotatable bonds is 5. The average molecular weight is 425 g/mol. The summed E-state index contributed by atoms with van der Waals surface area (Å²) in [6.45, 7) is 7.65. The van der Waals surface area contributed by atoms with Gasteiger partial charge in [0.1, 0.15) is 0 Å². The van der Waals surface area contributed by atoms with Crippen LogP contribution in [0.25, 0.3) is 5.57 Å². The number of aromatic nitrogens is 1. The van der Waals surface area contributed by atoms with E-state index < -0.39 is 6.09 Å². The van der Waals surface area contributed by atoms with Crippen LogP contribution < -0.4 is 15.5 Å². The van der Waals surface area contributed by atoms with Crippen molar-refractivity contribution in [3.8, 4) is 0 Å². The van der Waals surface area contributed by atoms with Gasteiger partial charge in [0.05, 0.1) is 36.3 Å². The van der Waals surface area contributed by atoms with E-state index in [1.807, 2.05) is 25.1 Å². The first-order valence-electron chi connectivity index (χ1n) is 10.1. The van der Waals surface area contributed by atoms with Crippen LogP contribution in [0.15, 0.2) is 46.2 Å². The van der Waals surface area contributed by atoms with E-state index in [0.717, 1.165) is 5.56 Å². The molecule has 0 fully saturated rings. The second-order valence-corrected chi connectivity index (χ2v) is 7.56. The van der Waals surface area contributed by atoms with Gasteiger partial charge in [0.15, 0.2) is 5.76 Å². The predicted molar refractivity (Wildman–Crippen MR) is 119 cm³/mol. The van der Waals surface area contributed by atoms with E-state index >= 15 is 0 Å². The van der Waals surface area contributed by atoms with E-state index in [-0.39, 0.29) is 18.1 Å². The molecule has 0 unspecified atom stereocenters. The Morgan fingerprint density at radius 1 is 1.35 bits per heavy atom. The van der Waals surface area contributed by atoms with Gasteiger partial charge >= 0.3 is 6.09 Å². The summed E-state index contributed by atoms with van der Waals surface area (Å²) in [6, 6.07) is 7.02. The maximum Gasteiger partial charge on any atom is 0.414 e. The third-order valence-electron chi connectivity index (χ3n) is 4.79. The van der Waals surface area contributed by atoms with Crippen molar-refractivity contribution in [2.45, 2.75) is 46.4 Å². The maximum absolute atomic E-state index is 12.8. The number of benzene rings is 1. The summed E-state index contributed by atoms with van der Waals surface area (Å²) in [5.41, 5.74) is 8.48. The van der Waals surface area contributed by atoms with Crippen molar-refractivity contribution in [3.63, 3.8) is 0 Å². The van der Waals surface area contributed by atoms with Crippen molar-refractivity contribution in [3.05, 3.63) is 48.0 Å². The summed E-state index contributed by atoms with van der Waals surface area (Å²) in [4.78, 5) is 32.6. The Labute approximate surface area is 181 Å². The molecule has 0 saturated heterocycles. The van der Waals surface area contributed by atoms with E-state index in [2.05, 4.69) is 10.1 Å². The molecule has 0 aliphatic carbocycles. The van der Waals surface area contributed by atoms with Crippen molar-refractivity contribution in [2.75, 3.05) is 16.3 Å². The smallest absolute Gasteiger partial charge is 0.414 e. The zero-order valence-corrected chi connectivity index (χ0v) is 18.1. The number of aliphatic imine (C=N–C) groups is 1. The standard InChI is InChI=1S/C22H27N5O4/c1-14(2)30-22(29)26-13-15(3)27(16(4)28)20-6-5-17(9-21(20)26)18(10-23)11-24-12-19-7-8-25-31-19/h5-11,14-15H,12-13,23H2,1-4H3/b18-10+,24-11?/t15-/m0/s1. The number of allylic oxidation sites excluding steroid dienone is 1. The molecule has 2 amide bonds. The summed E-state index contributed by atoms with van der Waals surface area (Å²) < 4.78 is 10.5. The largest absolute Gasteiger partial charge is 0.446 e. The fourth-order valence-corrected chi connectivity index (χ4v) is 3.49. The minimum absolute atomic E-state index is 0.0958. The Kier molecular flexibility index (Phi) is 6.74. The molecule has 2 N–H and O–H groups in total.